The molecular weight excluding hydrogens is 376 g/mol. The minimum absolute atomic E-state index is 0.0688. The number of piperazine rings is 1. The summed E-state index contributed by atoms with van der Waals surface area (Å²) >= 11 is 0. The Hall–Kier alpha value is -3.45. The molecule has 0 saturated carbocycles. The van der Waals surface area contributed by atoms with Crippen LogP contribution in [0.5, 0.6) is 0 Å². The van der Waals surface area contributed by atoms with Crippen LogP contribution in [0.2, 0.25) is 0 Å². The highest BCUT2D eigenvalue weighted by atomic mass is 16.2. The molecule has 154 valence electrons. The SMILES string of the molecule is Cc1cccc(Nc2nc(Nc3ccc(C(=O)N4CCNCC4)cc3)ncc2C)c1. The van der Waals surface area contributed by atoms with Gasteiger partial charge in [0.2, 0.25) is 5.95 Å². The van der Waals surface area contributed by atoms with Crippen LogP contribution < -0.4 is 16.0 Å². The lowest BCUT2D eigenvalue weighted by atomic mass is 10.1. The van der Waals surface area contributed by atoms with E-state index in [0.29, 0.717) is 11.5 Å². The van der Waals surface area contributed by atoms with Crippen molar-refractivity contribution in [3.05, 3.63) is 71.4 Å². The van der Waals surface area contributed by atoms with E-state index in [2.05, 4.69) is 45.0 Å². The first-order chi connectivity index (χ1) is 14.6. The lowest BCUT2D eigenvalue weighted by Gasteiger charge is -2.27. The Kier molecular flexibility index (Phi) is 5.90. The van der Waals surface area contributed by atoms with E-state index >= 15 is 0 Å². The number of anilines is 4. The molecule has 1 fully saturated rings. The highest BCUT2D eigenvalue weighted by Gasteiger charge is 2.17. The van der Waals surface area contributed by atoms with Crippen molar-refractivity contribution in [3.8, 4) is 0 Å². The average molecular weight is 403 g/mol. The number of amides is 1. The summed E-state index contributed by atoms with van der Waals surface area (Å²) in [4.78, 5) is 23.5. The third-order valence-electron chi connectivity index (χ3n) is 5.04. The minimum atomic E-state index is 0.0688. The van der Waals surface area contributed by atoms with Gasteiger partial charge in [0, 0.05) is 54.9 Å². The molecule has 2 aromatic carbocycles. The first-order valence-electron chi connectivity index (χ1n) is 10.1. The molecule has 0 unspecified atom stereocenters. The standard InChI is InChI=1S/C23H26N6O/c1-16-4-3-5-20(14-16)26-21-17(2)15-25-23(28-21)27-19-8-6-18(7-9-19)22(30)29-12-10-24-11-13-29/h3-9,14-15,24H,10-13H2,1-2H3,(H2,25,26,27,28). The number of carbonyl (C=O) groups is 1. The summed E-state index contributed by atoms with van der Waals surface area (Å²) in [6.07, 6.45) is 1.79. The second kappa shape index (κ2) is 8.92. The summed E-state index contributed by atoms with van der Waals surface area (Å²) in [6.45, 7) is 7.20. The molecule has 0 spiro atoms. The fourth-order valence-electron chi connectivity index (χ4n) is 3.36. The number of nitrogens with zero attached hydrogens (tertiary/aromatic N) is 3. The second-order valence-electron chi connectivity index (χ2n) is 7.46. The van der Waals surface area contributed by atoms with Crippen molar-refractivity contribution in [1.29, 1.82) is 0 Å². The molecule has 30 heavy (non-hydrogen) atoms. The normalized spacial score (nSPS) is 13.7. The number of carbonyl (C=O) groups excluding carboxylic acids is 1. The number of rotatable bonds is 5. The van der Waals surface area contributed by atoms with Crippen molar-refractivity contribution in [2.24, 2.45) is 0 Å². The maximum absolute atomic E-state index is 12.6. The molecular formula is C23H26N6O. The molecule has 7 nitrogen and oxygen atoms in total. The number of nitrogens with one attached hydrogen (secondary N) is 3. The number of aryl methyl sites for hydroxylation is 2. The molecule has 0 aliphatic carbocycles. The monoisotopic (exact) mass is 402 g/mol. The van der Waals surface area contributed by atoms with Gasteiger partial charge in [0.25, 0.3) is 5.91 Å². The first kappa shape index (κ1) is 19.8. The van der Waals surface area contributed by atoms with Gasteiger partial charge in [-0.2, -0.15) is 4.98 Å². The lowest BCUT2D eigenvalue weighted by Crippen LogP contribution is -2.46. The van der Waals surface area contributed by atoms with Crippen LogP contribution in [-0.2, 0) is 0 Å². The van der Waals surface area contributed by atoms with Crippen LogP contribution in [0.15, 0.2) is 54.7 Å². The smallest absolute Gasteiger partial charge is 0.253 e. The maximum atomic E-state index is 12.6. The van der Waals surface area contributed by atoms with Crippen LogP contribution in [-0.4, -0.2) is 47.0 Å². The Labute approximate surface area is 176 Å². The molecule has 4 rings (SSSR count). The summed E-state index contributed by atoms with van der Waals surface area (Å²) < 4.78 is 0. The van der Waals surface area contributed by atoms with E-state index in [9.17, 15) is 4.79 Å². The Balaban J connectivity index is 1.45. The topological polar surface area (TPSA) is 82.2 Å². The van der Waals surface area contributed by atoms with Gasteiger partial charge >= 0.3 is 0 Å². The van der Waals surface area contributed by atoms with Crippen molar-refractivity contribution in [3.63, 3.8) is 0 Å². The molecule has 0 radical (unpaired) electrons. The van der Waals surface area contributed by atoms with Crippen LogP contribution in [0.3, 0.4) is 0 Å². The molecule has 3 aromatic rings. The van der Waals surface area contributed by atoms with Gasteiger partial charge in [0.05, 0.1) is 0 Å². The largest absolute Gasteiger partial charge is 0.340 e. The van der Waals surface area contributed by atoms with Crippen molar-refractivity contribution in [2.75, 3.05) is 36.8 Å². The number of aromatic nitrogens is 2. The van der Waals surface area contributed by atoms with E-state index in [1.165, 1.54) is 5.56 Å². The van der Waals surface area contributed by atoms with Crippen molar-refractivity contribution in [2.45, 2.75) is 13.8 Å². The summed E-state index contributed by atoms with van der Waals surface area (Å²) in [6, 6.07) is 15.6. The van der Waals surface area contributed by atoms with Gasteiger partial charge in [-0.3, -0.25) is 4.79 Å². The highest BCUT2D eigenvalue weighted by molar-refractivity contribution is 5.94. The molecule has 1 aromatic heterocycles. The Morgan fingerprint density at radius 2 is 1.77 bits per heavy atom. The highest BCUT2D eigenvalue weighted by Crippen LogP contribution is 2.22. The van der Waals surface area contributed by atoms with E-state index in [1.807, 2.05) is 48.2 Å². The Morgan fingerprint density at radius 3 is 2.50 bits per heavy atom. The Bertz CT molecular complexity index is 1030. The molecule has 3 N–H and O–H groups in total. The molecule has 0 bridgehead atoms. The summed E-state index contributed by atoms with van der Waals surface area (Å²) in [5, 5.41) is 9.83. The first-order valence-corrected chi connectivity index (χ1v) is 10.1. The Morgan fingerprint density at radius 1 is 1.00 bits per heavy atom. The predicted molar refractivity (Wildman–Crippen MR) is 120 cm³/mol. The average Bonchev–Trinajstić information content (AvgIpc) is 2.77. The van der Waals surface area contributed by atoms with Crippen LogP contribution >= 0.6 is 0 Å². The van der Waals surface area contributed by atoms with E-state index < -0.39 is 0 Å². The fourth-order valence-corrected chi connectivity index (χ4v) is 3.36. The van der Waals surface area contributed by atoms with Crippen molar-refractivity contribution >= 4 is 29.0 Å². The van der Waals surface area contributed by atoms with E-state index in [4.69, 9.17) is 0 Å². The molecule has 0 atom stereocenters. The van der Waals surface area contributed by atoms with Gasteiger partial charge in [-0.25, -0.2) is 4.98 Å². The maximum Gasteiger partial charge on any atom is 0.253 e. The van der Waals surface area contributed by atoms with Crippen LogP contribution in [0.25, 0.3) is 0 Å². The lowest BCUT2D eigenvalue weighted by molar-refractivity contribution is 0.0736. The third-order valence-corrected chi connectivity index (χ3v) is 5.04. The van der Waals surface area contributed by atoms with Gasteiger partial charge in [-0.15, -0.1) is 0 Å². The van der Waals surface area contributed by atoms with Gasteiger partial charge in [-0.1, -0.05) is 12.1 Å². The molecule has 1 saturated heterocycles. The van der Waals surface area contributed by atoms with E-state index in [1.54, 1.807) is 6.20 Å². The zero-order chi connectivity index (χ0) is 20.9. The van der Waals surface area contributed by atoms with Gasteiger partial charge in [0.15, 0.2) is 0 Å². The van der Waals surface area contributed by atoms with Crippen LogP contribution in [0.4, 0.5) is 23.1 Å². The third kappa shape index (κ3) is 4.75. The zero-order valence-corrected chi connectivity index (χ0v) is 17.3. The van der Waals surface area contributed by atoms with Crippen LogP contribution in [0, 0.1) is 13.8 Å². The molecule has 1 aliphatic rings. The van der Waals surface area contributed by atoms with E-state index in [-0.39, 0.29) is 5.91 Å². The number of hydrogen-bond donors (Lipinski definition) is 3. The predicted octanol–water partition coefficient (Wildman–Crippen LogP) is 3.63. The van der Waals surface area contributed by atoms with Crippen molar-refractivity contribution in [1.82, 2.24) is 20.2 Å². The minimum Gasteiger partial charge on any atom is -0.340 e. The summed E-state index contributed by atoms with van der Waals surface area (Å²) in [7, 11) is 0. The summed E-state index contributed by atoms with van der Waals surface area (Å²) in [5.74, 6) is 1.32. The molecule has 2 heterocycles. The molecule has 7 heteroatoms. The number of hydrogen-bond acceptors (Lipinski definition) is 6. The fraction of sp³-hybridized carbons (Fsp3) is 0.261. The quantitative estimate of drug-likeness (QED) is 0.605. The second-order valence-corrected chi connectivity index (χ2v) is 7.46. The molecule has 1 amide bonds. The number of benzene rings is 2. The van der Waals surface area contributed by atoms with Crippen molar-refractivity contribution < 1.29 is 4.79 Å². The van der Waals surface area contributed by atoms with Gasteiger partial charge in [-0.05, 0) is 55.8 Å². The summed E-state index contributed by atoms with van der Waals surface area (Å²) in [5.41, 5.74) is 4.64. The van der Waals surface area contributed by atoms with Crippen LogP contribution in [0.1, 0.15) is 21.5 Å². The van der Waals surface area contributed by atoms with Gasteiger partial charge < -0.3 is 20.9 Å². The molecule has 1 aliphatic heterocycles. The van der Waals surface area contributed by atoms with E-state index in [0.717, 1.165) is 48.9 Å². The zero-order valence-electron chi connectivity index (χ0n) is 17.3. The van der Waals surface area contributed by atoms with Gasteiger partial charge in [0.1, 0.15) is 5.82 Å².